The maximum Gasteiger partial charge on any atom is 0.232 e. The highest BCUT2D eigenvalue weighted by Gasteiger charge is 2.34. The molecule has 1 unspecified atom stereocenters. The number of likely N-dealkylation sites (tertiary alicyclic amines) is 1. The van der Waals surface area contributed by atoms with Crippen molar-refractivity contribution in [2.24, 2.45) is 0 Å². The second-order valence-corrected chi connectivity index (χ2v) is 7.04. The molecule has 1 atom stereocenters. The molecule has 126 valence electrons. The Morgan fingerprint density at radius 1 is 1.12 bits per heavy atom. The van der Waals surface area contributed by atoms with Crippen LogP contribution in [0.1, 0.15) is 23.8 Å². The van der Waals surface area contributed by atoms with Gasteiger partial charge in [-0.15, -0.1) is 0 Å². The van der Waals surface area contributed by atoms with Gasteiger partial charge in [-0.25, -0.2) is 0 Å². The summed E-state index contributed by atoms with van der Waals surface area (Å²) in [6, 6.07) is 17.7. The van der Waals surface area contributed by atoms with Crippen molar-refractivity contribution in [1.29, 1.82) is 0 Å². The fourth-order valence-electron chi connectivity index (χ4n) is 3.01. The Labute approximate surface area is 153 Å². The molecule has 0 radical (unpaired) electrons. The van der Waals surface area contributed by atoms with Gasteiger partial charge in [0.15, 0.2) is 0 Å². The molecule has 0 aliphatic carbocycles. The van der Waals surface area contributed by atoms with Gasteiger partial charge in [0.05, 0.1) is 5.92 Å². The van der Waals surface area contributed by atoms with Gasteiger partial charge in [0.25, 0.3) is 0 Å². The fraction of sp³-hybridized carbons (Fsp3) is 0.211. The lowest BCUT2D eigenvalue weighted by atomic mass is 10.1. The molecule has 1 amide bonds. The number of carbonyl (C=O) groups is 1. The van der Waals surface area contributed by atoms with Crippen molar-refractivity contribution in [3.63, 3.8) is 0 Å². The Morgan fingerprint density at radius 3 is 2.64 bits per heavy atom. The highest BCUT2D eigenvalue weighted by Crippen LogP contribution is 2.29. The van der Waals surface area contributed by atoms with Crippen molar-refractivity contribution >= 4 is 21.8 Å². The van der Waals surface area contributed by atoms with Crippen LogP contribution >= 0.6 is 15.9 Å². The zero-order valence-corrected chi connectivity index (χ0v) is 15.0. The third-order valence-corrected chi connectivity index (χ3v) is 4.85. The number of halogens is 1. The van der Waals surface area contributed by atoms with E-state index in [1.165, 1.54) is 0 Å². The number of aromatic nitrogens is 2. The first-order valence-electron chi connectivity index (χ1n) is 8.10. The smallest absolute Gasteiger partial charge is 0.232 e. The van der Waals surface area contributed by atoms with Crippen molar-refractivity contribution < 1.29 is 9.32 Å². The number of hydrogen-bond donors (Lipinski definition) is 0. The van der Waals surface area contributed by atoms with E-state index in [0.717, 1.165) is 15.6 Å². The van der Waals surface area contributed by atoms with Crippen LogP contribution in [0.4, 0.5) is 0 Å². The van der Waals surface area contributed by atoms with Gasteiger partial charge >= 0.3 is 0 Å². The molecule has 4 rings (SSSR count). The maximum absolute atomic E-state index is 12.3. The average molecular weight is 398 g/mol. The van der Waals surface area contributed by atoms with E-state index in [-0.39, 0.29) is 11.8 Å². The Morgan fingerprint density at radius 2 is 1.88 bits per heavy atom. The van der Waals surface area contributed by atoms with Gasteiger partial charge in [0.1, 0.15) is 0 Å². The highest BCUT2D eigenvalue weighted by molar-refractivity contribution is 9.10. The summed E-state index contributed by atoms with van der Waals surface area (Å²) < 4.78 is 6.43. The van der Waals surface area contributed by atoms with Crippen LogP contribution in [0.15, 0.2) is 63.6 Å². The molecule has 1 saturated heterocycles. The number of carbonyl (C=O) groups excluding carboxylic acids is 1. The van der Waals surface area contributed by atoms with Crippen LogP contribution < -0.4 is 0 Å². The van der Waals surface area contributed by atoms with E-state index in [1.54, 1.807) is 0 Å². The first-order chi connectivity index (χ1) is 12.2. The molecule has 2 aromatic carbocycles. The predicted molar refractivity (Wildman–Crippen MR) is 96.7 cm³/mol. The van der Waals surface area contributed by atoms with E-state index in [9.17, 15) is 4.79 Å². The van der Waals surface area contributed by atoms with Gasteiger partial charge in [-0.3, -0.25) is 4.79 Å². The molecule has 5 nitrogen and oxygen atoms in total. The number of amides is 1. The summed E-state index contributed by atoms with van der Waals surface area (Å²) in [5, 5.41) is 4.06. The fourth-order valence-corrected chi connectivity index (χ4v) is 3.28. The van der Waals surface area contributed by atoms with Crippen molar-refractivity contribution in [1.82, 2.24) is 15.0 Å². The normalized spacial score (nSPS) is 17.2. The van der Waals surface area contributed by atoms with E-state index < -0.39 is 0 Å². The van der Waals surface area contributed by atoms with Crippen LogP contribution in [0.25, 0.3) is 11.4 Å². The number of benzene rings is 2. The number of rotatable bonds is 4. The molecule has 25 heavy (non-hydrogen) atoms. The summed E-state index contributed by atoms with van der Waals surface area (Å²) in [7, 11) is 0. The first kappa shape index (κ1) is 16.0. The monoisotopic (exact) mass is 397 g/mol. The van der Waals surface area contributed by atoms with Crippen molar-refractivity contribution in [3.8, 4) is 11.4 Å². The molecular weight excluding hydrogens is 382 g/mol. The van der Waals surface area contributed by atoms with Gasteiger partial charge in [0, 0.05) is 29.5 Å². The van der Waals surface area contributed by atoms with Gasteiger partial charge in [-0.2, -0.15) is 4.98 Å². The molecule has 1 fully saturated rings. The maximum atomic E-state index is 12.3. The molecule has 1 aliphatic rings. The largest absolute Gasteiger partial charge is 0.339 e. The molecule has 0 saturated carbocycles. The lowest BCUT2D eigenvalue weighted by molar-refractivity contribution is -0.128. The second kappa shape index (κ2) is 6.80. The second-order valence-electron chi connectivity index (χ2n) is 6.12. The van der Waals surface area contributed by atoms with Crippen LogP contribution in [0, 0.1) is 0 Å². The quantitative estimate of drug-likeness (QED) is 0.666. The lowest BCUT2D eigenvalue weighted by Gasteiger charge is -2.15. The summed E-state index contributed by atoms with van der Waals surface area (Å²) >= 11 is 3.41. The topological polar surface area (TPSA) is 59.2 Å². The van der Waals surface area contributed by atoms with Crippen LogP contribution in [-0.2, 0) is 11.3 Å². The summed E-state index contributed by atoms with van der Waals surface area (Å²) in [6.45, 7) is 1.22. The molecule has 3 aromatic rings. The minimum absolute atomic E-state index is 0.0482. The van der Waals surface area contributed by atoms with Crippen LogP contribution in [0.5, 0.6) is 0 Å². The molecular formula is C19H16BrN3O2. The Kier molecular flexibility index (Phi) is 4.36. The molecule has 0 N–H and O–H groups in total. The summed E-state index contributed by atoms with van der Waals surface area (Å²) in [5.74, 6) is 1.16. The Balaban J connectivity index is 1.48. The van der Waals surface area contributed by atoms with Gasteiger partial charge in [-0.05, 0) is 29.8 Å². The Bertz CT molecular complexity index is 877. The van der Waals surface area contributed by atoms with E-state index in [0.29, 0.717) is 31.2 Å². The molecule has 1 aromatic heterocycles. The Hall–Kier alpha value is -2.47. The standard InChI is InChI=1S/C19H16BrN3O2/c20-16-8-6-14(7-9-16)18-21-19(25-22-18)15-10-17(24)23(12-15)11-13-4-2-1-3-5-13/h1-9,15H,10-12H2. The number of hydrogen-bond acceptors (Lipinski definition) is 4. The van der Waals surface area contributed by atoms with E-state index >= 15 is 0 Å². The highest BCUT2D eigenvalue weighted by atomic mass is 79.9. The van der Waals surface area contributed by atoms with E-state index in [2.05, 4.69) is 26.1 Å². The summed E-state index contributed by atoms with van der Waals surface area (Å²) in [6.07, 6.45) is 0.412. The van der Waals surface area contributed by atoms with Gasteiger partial charge < -0.3 is 9.42 Å². The molecule has 0 bridgehead atoms. The minimum Gasteiger partial charge on any atom is -0.339 e. The number of nitrogens with zero attached hydrogens (tertiary/aromatic N) is 3. The van der Waals surface area contributed by atoms with Crippen LogP contribution in [0.3, 0.4) is 0 Å². The van der Waals surface area contributed by atoms with Crippen LogP contribution in [-0.4, -0.2) is 27.5 Å². The first-order valence-corrected chi connectivity index (χ1v) is 8.89. The minimum atomic E-state index is -0.0482. The van der Waals surface area contributed by atoms with Crippen molar-refractivity contribution in [3.05, 3.63) is 70.5 Å². The summed E-state index contributed by atoms with van der Waals surface area (Å²) in [5.41, 5.74) is 2.02. The zero-order chi connectivity index (χ0) is 17.2. The molecule has 2 heterocycles. The lowest BCUT2D eigenvalue weighted by Crippen LogP contribution is -2.24. The van der Waals surface area contributed by atoms with E-state index in [1.807, 2.05) is 59.5 Å². The third-order valence-electron chi connectivity index (χ3n) is 4.32. The average Bonchev–Trinajstić information content (AvgIpc) is 3.24. The third kappa shape index (κ3) is 3.49. The van der Waals surface area contributed by atoms with Gasteiger partial charge in [0.2, 0.25) is 17.6 Å². The molecule has 1 aliphatic heterocycles. The van der Waals surface area contributed by atoms with Crippen LogP contribution in [0.2, 0.25) is 0 Å². The molecule has 0 spiro atoms. The summed E-state index contributed by atoms with van der Waals surface area (Å²) in [4.78, 5) is 18.7. The SMILES string of the molecule is O=C1CC(c2nc(-c3ccc(Br)cc3)no2)CN1Cc1ccccc1. The predicted octanol–water partition coefficient (Wildman–Crippen LogP) is 4.02. The zero-order valence-electron chi connectivity index (χ0n) is 13.4. The van der Waals surface area contributed by atoms with Crippen molar-refractivity contribution in [2.75, 3.05) is 6.54 Å². The van der Waals surface area contributed by atoms with Gasteiger partial charge in [-0.1, -0.05) is 51.4 Å². The van der Waals surface area contributed by atoms with Crippen molar-refractivity contribution in [2.45, 2.75) is 18.9 Å². The molecule has 6 heteroatoms. The van der Waals surface area contributed by atoms with E-state index in [4.69, 9.17) is 4.52 Å².